The Morgan fingerprint density at radius 3 is 2.72 bits per heavy atom. The van der Waals surface area contributed by atoms with Crippen LogP contribution in [0.25, 0.3) is 0 Å². The lowest BCUT2D eigenvalue weighted by molar-refractivity contribution is -0.383. The number of aryl methyl sites for hydroxylation is 1. The molecule has 0 fully saturated rings. The number of nitro groups is 1. The number of anilines is 2. The van der Waals surface area contributed by atoms with E-state index in [1.807, 2.05) is 37.3 Å². The van der Waals surface area contributed by atoms with Gasteiger partial charge in [0.25, 0.3) is 11.6 Å². The first-order chi connectivity index (χ1) is 15.6. The molecule has 166 valence electrons. The summed E-state index contributed by atoms with van der Waals surface area (Å²) in [7, 11) is 0. The number of carbonyl (C=O) groups excluding carboxylic acids is 1. The van der Waals surface area contributed by atoms with Gasteiger partial charge in [0.05, 0.1) is 11.0 Å². The fourth-order valence-electron chi connectivity index (χ4n) is 3.96. The van der Waals surface area contributed by atoms with Crippen LogP contribution in [-0.4, -0.2) is 25.6 Å². The summed E-state index contributed by atoms with van der Waals surface area (Å²) in [5.74, 6) is 1.32. The maximum atomic E-state index is 13.0. The lowest BCUT2D eigenvalue weighted by Gasteiger charge is -2.18. The summed E-state index contributed by atoms with van der Waals surface area (Å²) in [6.07, 6.45) is 4.83. The molecular weight excluding hydrogens is 408 g/mol. The minimum atomic E-state index is -0.488. The summed E-state index contributed by atoms with van der Waals surface area (Å²) in [5.41, 5.74) is 1.12. The molecule has 4 rings (SSSR count). The molecule has 0 saturated carbocycles. The van der Waals surface area contributed by atoms with Crippen LogP contribution in [0, 0.1) is 10.1 Å². The second-order valence-electron chi connectivity index (χ2n) is 7.85. The van der Waals surface area contributed by atoms with Crippen molar-refractivity contribution in [1.29, 1.82) is 0 Å². The molecule has 1 aromatic heterocycles. The van der Waals surface area contributed by atoms with E-state index in [0.29, 0.717) is 12.1 Å². The molecule has 0 aliphatic carbocycles. The maximum absolute atomic E-state index is 13.0. The predicted molar refractivity (Wildman–Crippen MR) is 121 cm³/mol. The number of benzene rings is 2. The Morgan fingerprint density at radius 2 is 1.97 bits per heavy atom. The first-order valence-electron chi connectivity index (χ1n) is 10.9. The summed E-state index contributed by atoms with van der Waals surface area (Å²) in [6.45, 7) is 2.81. The highest BCUT2D eigenvalue weighted by molar-refractivity contribution is 5.96. The molecule has 2 N–H and O–H groups in total. The minimum absolute atomic E-state index is 0.161. The number of amides is 1. The highest BCUT2D eigenvalue weighted by Crippen LogP contribution is 2.29. The fourth-order valence-corrected chi connectivity index (χ4v) is 3.96. The van der Waals surface area contributed by atoms with Crippen LogP contribution in [-0.2, 0) is 13.0 Å². The van der Waals surface area contributed by atoms with Crippen molar-refractivity contribution in [3.63, 3.8) is 0 Å². The molecule has 32 heavy (non-hydrogen) atoms. The van der Waals surface area contributed by atoms with Crippen molar-refractivity contribution in [2.24, 2.45) is 0 Å². The minimum Gasteiger partial charge on any atom is -0.350 e. The van der Waals surface area contributed by atoms with E-state index in [2.05, 4.69) is 25.4 Å². The number of hydrogen-bond acceptors (Lipinski definition) is 6. The highest BCUT2D eigenvalue weighted by atomic mass is 16.6. The lowest BCUT2D eigenvalue weighted by atomic mass is 10.1. The molecule has 2 aromatic carbocycles. The highest BCUT2D eigenvalue weighted by Gasteiger charge is 2.24. The van der Waals surface area contributed by atoms with E-state index in [9.17, 15) is 14.9 Å². The van der Waals surface area contributed by atoms with Crippen LogP contribution in [0.3, 0.4) is 0 Å². The first-order valence-corrected chi connectivity index (χ1v) is 10.9. The summed E-state index contributed by atoms with van der Waals surface area (Å²) in [6, 6.07) is 13.3. The van der Waals surface area contributed by atoms with Crippen molar-refractivity contribution in [2.75, 3.05) is 5.32 Å². The summed E-state index contributed by atoms with van der Waals surface area (Å²) in [4.78, 5) is 24.1. The van der Waals surface area contributed by atoms with Crippen LogP contribution in [0.2, 0.25) is 0 Å². The van der Waals surface area contributed by atoms with Gasteiger partial charge >= 0.3 is 0 Å². The van der Waals surface area contributed by atoms with Gasteiger partial charge in [-0.1, -0.05) is 31.5 Å². The molecule has 1 atom stereocenters. The Labute approximate surface area is 186 Å². The monoisotopic (exact) mass is 434 g/mol. The molecular formula is C23H26N6O3. The van der Waals surface area contributed by atoms with Crippen molar-refractivity contribution >= 4 is 23.0 Å². The van der Waals surface area contributed by atoms with E-state index < -0.39 is 4.92 Å². The smallest absolute Gasteiger partial charge is 0.293 e. The van der Waals surface area contributed by atoms with Crippen molar-refractivity contribution in [1.82, 2.24) is 20.1 Å². The molecule has 0 radical (unpaired) electrons. The third-order valence-electron chi connectivity index (χ3n) is 5.67. The predicted octanol–water partition coefficient (Wildman–Crippen LogP) is 4.54. The molecule has 1 unspecified atom stereocenters. The average Bonchev–Trinajstić information content (AvgIpc) is 3.05. The summed E-state index contributed by atoms with van der Waals surface area (Å²) in [5, 5.41) is 26.3. The number of nitro benzene ring substituents is 1. The van der Waals surface area contributed by atoms with Gasteiger partial charge < -0.3 is 15.2 Å². The first kappa shape index (κ1) is 21.5. The van der Waals surface area contributed by atoms with Crippen molar-refractivity contribution < 1.29 is 9.72 Å². The normalized spacial score (nSPS) is 14.2. The van der Waals surface area contributed by atoms with Crippen LogP contribution in [0.4, 0.5) is 17.1 Å². The molecule has 9 nitrogen and oxygen atoms in total. The van der Waals surface area contributed by atoms with Crippen LogP contribution in [0.15, 0.2) is 48.5 Å². The molecule has 1 aliphatic rings. The van der Waals surface area contributed by atoms with Crippen LogP contribution in [0.1, 0.15) is 60.7 Å². The zero-order valence-corrected chi connectivity index (χ0v) is 18.0. The standard InChI is InChI=1S/C23H26N6O3/c1-2-18(22-27-26-21-11-7-4-8-14-28(21)22)25-23(30)16-12-13-19(20(15-16)29(31)32)24-17-9-5-3-6-10-17/h3,5-6,9-10,12-13,15,18,24H,2,4,7-8,11,14H2,1H3,(H,25,30). The number of para-hydroxylation sites is 1. The van der Waals surface area contributed by atoms with E-state index in [4.69, 9.17) is 0 Å². The summed E-state index contributed by atoms with van der Waals surface area (Å²) >= 11 is 0. The van der Waals surface area contributed by atoms with Crippen molar-refractivity contribution in [3.05, 3.63) is 75.9 Å². The molecule has 9 heteroatoms. The van der Waals surface area contributed by atoms with E-state index in [1.54, 1.807) is 12.1 Å². The number of rotatable bonds is 7. The largest absolute Gasteiger partial charge is 0.350 e. The van der Waals surface area contributed by atoms with E-state index in [0.717, 1.165) is 49.6 Å². The third kappa shape index (κ3) is 4.61. The molecule has 1 aliphatic heterocycles. The van der Waals surface area contributed by atoms with Gasteiger partial charge in [-0.25, -0.2) is 0 Å². The molecule has 0 saturated heterocycles. The second-order valence-corrected chi connectivity index (χ2v) is 7.85. The van der Waals surface area contributed by atoms with Crippen LogP contribution in [0.5, 0.6) is 0 Å². The van der Waals surface area contributed by atoms with Crippen LogP contribution >= 0.6 is 0 Å². The van der Waals surface area contributed by atoms with E-state index in [1.165, 1.54) is 6.07 Å². The molecule has 1 amide bonds. The lowest BCUT2D eigenvalue weighted by Crippen LogP contribution is -2.30. The molecule has 0 bridgehead atoms. The van der Waals surface area contributed by atoms with Gasteiger partial charge in [0.2, 0.25) is 0 Å². The average molecular weight is 435 g/mol. The van der Waals surface area contributed by atoms with E-state index in [-0.39, 0.29) is 23.2 Å². The number of nitrogens with one attached hydrogen (secondary N) is 2. The van der Waals surface area contributed by atoms with Gasteiger partial charge in [0.15, 0.2) is 5.82 Å². The van der Waals surface area contributed by atoms with Gasteiger partial charge in [-0.15, -0.1) is 10.2 Å². The molecule has 3 aromatic rings. The number of aromatic nitrogens is 3. The van der Waals surface area contributed by atoms with Crippen molar-refractivity contribution in [2.45, 2.75) is 51.6 Å². The molecule has 0 spiro atoms. The number of hydrogen-bond donors (Lipinski definition) is 2. The maximum Gasteiger partial charge on any atom is 0.293 e. The molecule has 2 heterocycles. The van der Waals surface area contributed by atoms with Gasteiger partial charge in [-0.05, 0) is 43.5 Å². The Balaban J connectivity index is 1.55. The van der Waals surface area contributed by atoms with Gasteiger partial charge in [-0.2, -0.15) is 0 Å². The van der Waals surface area contributed by atoms with Crippen molar-refractivity contribution in [3.8, 4) is 0 Å². The Hall–Kier alpha value is -3.75. The summed E-state index contributed by atoms with van der Waals surface area (Å²) < 4.78 is 2.11. The zero-order chi connectivity index (χ0) is 22.5. The Kier molecular flexibility index (Phi) is 6.44. The Bertz CT molecular complexity index is 1110. The Morgan fingerprint density at radius 1 is 1.16 bits per heavy atom. The van der Waals surface area contributed by atoms with E-state index >= 15 is 0 Å². The number of nitrogens with zero attached hydrogens (tertiary/aromatic N) is 4. The topological polar surface area (TPSA) is 115 Å². The SMILES string of the molecule is CCC(NC(=O)c1ccc(Nc2ccccc2)c([N+](=O)[O-])c1)c1nnc2n1CCCCC2. The van der Waals surface area contributed by atoms with Crippen LogP contribution < -0.4 is 10.6 Å². The quantitative estimate of drug-likeness (QED) is 0.417. The second kappa shape index (κ2) is 9.59. The zero-order valence-electron chi connectivity index (χ0n) is 18.0. The number of carbonyl (C=O) groups is 1. The third-order valence-corrected chi connectivity index (χ3v) is 5.67. The fraction of sp³-hybridized carbons (Fsp3) is 0.348. The number of fused-ring (bicyclic) bond motifs is 1. The van der Waals surface area contributed by atoms with Gasteiger partial charge in [0.1, 0.15) is 11.5 Å². The van der Waals surface area contributed by atoms with Gasteiger partial charge in [0, 0.05) is 30.3 Å². The van der Waals surface area contributed by atoms with Gasteiger partial charge in [-0.3, -0.25) is 14.9 Å².